The number of halogens is 7. The van der Waals surface area contributed by atoms with Crippen molar-refractivity contribution in [3.8, 4) is 0 Å². The third-order valence-corrected chi connectivity index (χ3v) is 3.90. The summed E-state index contributed by atoms with van der Waals surface area (Å²) in [6.45, 7) is 0. The summed E-state index contributed by atoms with van der Waals surface area (Å²) in [6.07, 6.45) is -15.9. The zero-order chi connectivity index (χ0) is 20.0. The van der Waals surface area contributed by atoms with E-state index >= 15 is 0 Å². The van der Waals surface area contributed by atoms with E-state index in [2.05, 4.69) is 9.72 Å². The van der Waals surface area contributed by atoms with Crippen LogP contribution >= 0.6 is 11.6 Å². The van der Waals surface area contributed by atoms with Crippen molar-refractivity contribution >= 4 is 39.4 Å². The first-order valence-electron chi connectivity index (χ1n) is 7.31. The first kappa shape index (κ1) is 19.2. The molecule has 1 heterocycles. The Bertz CT molecular complexity index is 1020. The number of benzene rings is 2. The number of hydrogen-bond acceptors (Lipinski definition) is 3. The SMILES string of the molecule is O=C(OC(C(F)(F)F)C(F)(F)F)c1c2ccccc2nc2ccc(Cl)cc12. The van der Waals surface area contributed by atoms with E-state index in [1.165, 1.54) is 36.4 Å². The van der Waals surface area contributed by atoms with Gasteiger partial charge in [-0.15, -0.1) is 0 Å². The predicted molar refractivity (Wildman–Crippen MR) is 85.6 cm³/mol. The zero-order valence-electron chi connectivity index (χ0n) is 13.0. The molecule has 27 heavy (non-hydrogen) atoms. The molecule has 0 radical (unpaired) electrons. The van der Waals surface area contributed by atoms with Crippen LogP contribution in [-0.2, 0) is 4.74 Å². The molecule has 142 valence electrons. The summed E-state index contributed by atoms with van der Waals surface area (Å²) in [5.41, 5.74) is -0.105. The maximum Gasteiger partial charge on any atom is 0.434 e. The van der Waals surface area contributed by atoms with Crippen molar-refractivity contribution in [3.05, 3.63) is 53.1 Å². The molecule has 3 aromatic rings. The van der Waals surface area contributed by atoms with Gasteiger partial charge < -0.3 is 4.74 Å². The van der Waals surface area contributed by atoms with Crippen molar-refractivity contribution in [3.63, 3.8) is 0 Å². The number of fused-ring (bicyclic) bond motifs is 2. The van der Waals surface area contributed by atoms with Gasteiger partial charge in [0.1, 0.15) is 0 Å². The Morgan fingerprint density at radius 3 is 2.15 bits per heavy atom. The van der Waals surface area contributed by atoms with Crippen LogP contribution in [-0.4, -0.2) is 29.4 Å². The van der Waals surface area contributed by atoms with Crippen LogP contribution in [0.15, 0.2) is 42.5 Å². The number of carbonyl (C=O) groups excluding carboxylic acids is 1. The Morgan fingerprint density at radius 1 is 0.926 bits per heavy atom. The van der Waals surface area contributed by atoms with Gasteiger partial charge in [0, 0.05) is 15.8 Å². The molecule has 0 saturated carbocycles. The van der Waals surface area contributed by atoms with E-state index in [9.17, 15) is 31.1 Å². The largest absolute Gasteiger partial charge is 0.439 e. The quantitative estimate of drug-likeness (QED) is 0.311. The molecule has 0 aliphatic heterocycles. The number of nitrogens with zero attached hydrogens (tertiary/aromatic N) is 1. The highest BCUT2D eigenvalue weighted by atomic mass is 35.5. The third-order valence-electron chi connectivity index (χ3n) is 3.67. The van der Waals surface area contributed by atoms with Crippen LogP contribution in [0, 0.1) is 0 Å². The molecule has 1 aromatic heterocycles. The van der Waals surface area contributed by atoms with E-state index in [1.807, 2.05) is 0 Å². The molecule has 0 aliphatic rings. The van der Waals surface area contributed by atoms with E-state index < -0.39 is 30.0 Å². The number of esters is 1. The van der Waals surface area contributed by atoms with Gasteiger partial charge in [-0.05, 0) is 24.3 Å². The van der Waals surface area contributed by atoms with Crippen molar-refractivity contribution in [2.24, 2.45) is 0 Å². The van der Waals surface area contributed by atoms with Gasteiger partial charge >= 0.3 is 18.3 Å². The summed E-state index contributed by atoms with van der Waals surface area (Å²) in [5.74, 6) is -1.78. The number of alkyl halides is 6. The van der Waals surface area contributed by atoms with E-state index in [0.717, 1.165) is 0 Å². The minimum atomic E-state index is -5.82. The molecule has 0 unspecified atom stereocenters. The van der Waals surface area contributed by atoms with Crippen LogP contribution in [0.5, 0.6) is 0 Å². The van der Waals surface area contributed by atoms with Gasteiger partial charge in [-0.25, -0.2) is 9.78 Å². The first-order chi connectivity index (χ1) is 12.5. The summed E-state index contributed by atoms with van der Waals surface area (Å²) >= 11 is 5.86. The van der Waals surface area contributed by atoms with Gasteiger partial charge in [-0.2, -0.15) is 26.3 Å². The number of pyridine rings is 1. The molecule has 0 fully saturated rings. The van der Waals surface area contributed by atoms with Crippen molar-refractivity contribution in [1.82, 2.24) is 4.98 Å². The van der Waals surface area contributed by atoms with E-state index in [-0.39, 0.29) is 26.8 Å². The maximum absolute atomic E-state index is 12.8. The number of rotatable bonds is 2. The van der Waals surface area contributed by atoms with E-state index in [4.69, 9.17) is 11.6 Å². The average molecular weight is 408 g/mol. The Hall–Kier alpha value is -2.55. The average Bonchev–Trinajstić information content (AvgIpc) is 2.55. The van der Waals surface area contributed by atoms with Gasteiger partial charge in [0.25, 0.3) is 6.10 Å². The highest BCUT2D eigenvalue weighted by Gasteiger charge is 2.60. The van der Waals surface area contributed by atoms with Gasteiger partial charge in [0.05, 0.1) is 16.6 Å². The normalized spacial score (nSPS) is 12.7. The topological polar surface area (TPSA) is 39.2 Å². The number of hydrogen-bond donors (Lipinski definition) is 0. The fourth-order valence-corrected chi connectivity index (χ4v) is 2.74. The molecule has 10 heteroatoms. The third kappa shape index (κ3) is 3.78. The maximum atomic E-state index is 12.8. The van der Waals surface area contributed by atoms with Crippen molar-refractivity contribution in [2.45, 2.75) is 18.5 Å². The predicted octanol–water partition coefficient (Wildman–Crippen LogP) is 5.69. The zero-order valence-corrected chi connectivity index (χ0v) is 13.8. The molecule has 0 spiro atoms. The second-order valence-electron chi connectivity index (χ2n) is 5.53. The van der Waals surface area contributed by atoms with Crippen LogP contribution in [0.3, 0.4) is 0 Å². The van der Waals surface area contributed by atoms with Crippen LogP contribution in [0.4, 0.5) is 26.3 Å². The van der Waals surface area contributed by atoms with E-state index in [1.54, 1.807) is 6.07 Å². The van der Waals surface area contributed by atoms with Crippen molar-refractivity contribution < 1.29 is 35.9 Å². The van der Waals surface area contributed by atoms with Gasteiger partial charge in [0.15, 0.2) is 0 Å². The summed E-state index contributed by atoms with van der Waals surface area (Å²) in [4.78, 5) is 16.6. The van der Waals surface area contributed by atoms with Crippen molar-refractivity contribution in [2.75, 3.05) is 0 Å². The van der Waals surface area contributed by atoms with E-state index in [0.29, 0.717) is 0 Å². The number of ether oxygens (including phenoxy) is 1. The lowest BCUT2D eigenvalue weighted by Crippen LogP contribution is -2.45. The minimum absolute atomic E-state index is 0.0192. The lowest BCUT2D eigenvalue weighted by Gasteiger charge is -2.23. The van der Waals surface area contributed by atoms with Crippen LogP contribution < -0.4 is 0 Å². The highest BCUT2D eigenvalue weighted by molar-refractivity contribution is 6.31. The molecule has 0 N–H and O–H groups in total. The molecule has 3 nitrogen and oxygen atoms in total. The summed E-state index contributed by atoms with van der Waals surface area (Å²) in [5, 5.41) is 0.145. The fraction of sp³-hybridized carbons (Fsp3) is 0.176. The second kappa shape index (κ2) is 6.56. The van der Waals surface area contributed by atoms with Crippen LogP contribution in [0.25, 0.3) is 21.8 Å². The van der Waals surface area contributed by atoms with Crippen LogP contribution in [0.2, 0.25) is 5.02 Å². The molecular weight excluding hydrogens is 400 g/mol. The Balaban J connectivity index is 2.21. The standard InChI is InChI=1S/C17H8ClF6NO2/c18-8-5-6-12-10(7-8)13(9-3-1-2-4-11(9)25-12)14(26)27-15(16(19,20)21)17(22,23)24/h1-7,15H. The highest BCUT2D eigenvalue weighted by Crippen LogP contribution is 2.37. The van der Waals surface area contributed by atoms with Gasteiger partial charge in [-0.1, -0.05) is 29.8 Å². The minimum Gasteiger partial charge on any atom is -0.439 e. The number of para-hydroxylation sites is 1. The van der Waals surface area contributed by atoms with Gasteiger partial charge in [-0.3, -0.25) is 0 Å². The Morgan fingerprint density at radius 2 is 1.52 bits per heavy atom. The van der Waals surface area contributed by atoms with Crippen molar-refractivity contribution in [1.29, 1.82) is 0 Å². The molecule has 0 atom stereocenters. The molecule has 0 bridgehead atoms. The number of carbonyl (C=O) groups is 1. The molecule has 0 saturated heterocycles. The fourth-order valence-electron chi connectivity index (χ4n) is 2.57. The Kier molecular flexibility index (Phi) is 4.67. The molecule has 0 amide bonds. The summed E-state index contributed by atoms with van der Waals surface area (Å²) in [6, 6.07) is 9.87. The van der Waals surface area contributed by atoms with Crippen LogP contribution in [0.1, 0.15) is 10.4 Å². The first-order valence-corrected chi connectivity index (χ1v) is 7.68. The number of aromatic nitrogens is 1. The molecule has 0 aliphatic carbocycles. The molecular formula is C17H8ClF6NO2. The molecule has 2 aromatic carbocycles. The lowest BCUT2D eigenvalue weighted by atomic mass is 10.0. The summed E-state index contributed by atoms with van der Waals surface area (Å²) in [7, 11) is 0. The smallest absolute Gasteiger partial charge is 0.434 e. The summed E-state index contributed by atoms with van der Waals surface area (Å²) < 4.78 is 80.4. The molecule has 3 rings (SSSR count). The Labute approximate surface area is 152 Å². The van der Waals surface area contributed by atoms with Gasteiger partial charge in [0.2, 0.25) is 0 Å². The second-order valence-corrected chi connectivity index (χ2v) is 5.97. The monoisotopic (exact) mass is 407 g/mol. The lowest BCUT2D eigenvalue weighted by molar-refractivity contribution is -0.307.